The summed E-state index contributed by atoms with van der Waals surface area (Å²) in [5.74, 6) is -0.0506. The number of halogens is 1. The Kier molecular flexibility index (Phi) is 4.59. The van der Waals surface area contributed by atoms with Crippen LogP contribution in [0.15, 0.2) is 41.6 Å². The molecule has 1 heterocycles. The molecule has 0 atom stereocenters. The molecular weight excluding hydrogens is 314 g/mol. The lowest BCUT2D eigenvalue weighted by atomic mass is 10.2. The van der Waals surface area contributed by atoms with E-state index in [1.807, 2.05) is 0 Å². The van der Waals surface area contributed by atoms with Crippen LogP contribution >= 0.6 is 11.6 Å². The van der Waals surface area contributed by atoms with E-state index in [0.717, 1.165) is 0 Å². The van der Waals surface area contributed by atoms with E-state index in [-0.39, 0.29) is 22.2 Å². The Labute approximate surface area is 128 Å². The second-order valence-electron chi connectivity index (χ2n) is 3.96. The van der Waals surface area contributed by atoms with Crippen molar-refractivity contribution in [3.8, 4) is 0 Å². The summed E-state index contributed by atoms with van der Waals surface area (Å²) in [6, 6.07) is 6.55. The molecule has 0 unspecified atom stereocenters. The maximum absolute atomic E-state index is 10.8. The zero-order chi connectivity index (χ0) is 16.1. The SMILES string of the molecule is O=[N+]([O-])c1ccc(Cl)c(/C=N\Nc2ncccc2[N+](=O)[O-])c1. The summed E-state index contributed by atoms with van der Waals surface area (Å²) in [5.41, 5.74) is 2.31. The quantitative estimate of drug-likeness (QED) is 0.513. The van der Waals surface area contributed by atoms with E-state index < -0.39 is 9.85 Å². The first-order valence-electron chi connectivity index (χ1n) is 5.81. The van der Waals surface area contributed by atoms with Crippen molar-refractivity contribution in [2.45, 2.75) is 0 Å². The van der Waals surface area contributed by atoms with Crippen LogP contribution in [0.2, 0.25) is 5.02 Å². The average Bonchev–Trinajstić information content (AvgIpc) is 2.49. The summed E-state index contributed by atoms with van der Waals surface area (Å²) >= 11 is 5.90. The van der Waals surface area contributed by atoms with Gasteiger partial charge in [-0.2, -0.15) is 5.10 Å². The highest BCUT2D eigenvalue weighted by molar-refractivity contribution is 6.33. The van der Waals surface area contributed by atoms with Crippen LogP contribution in [0.5, 0.6) is 0 Å². The molecule has 0 aliphatic heterocycles. The van der Waals surface area contributed by atoms with Gasteiger partial charge in [0.05, 0.1) is 16.1 Å². The van der Waals surface area contributed by atoms with Crippen LogP contribution in [-0.2, 0) is 0 Å². The second kappa shape index (κ2) is 6.59. The molecule has 2 rings (SSSR count). The molecule has 0 aliphatic rings. The van der Waals surface area contributed by atoms with E-state index >= 15 is 0 Å². The Morgan fingerprint density at radius 2 is 2.00 bits per heavy atom. The number of nitro benzene ring substituents is 1. The van der Waals surface area contributed by atoms with Gasteiger partial charge in [-0.1, -0.05) is 11.6 Å². The molecule has 0 bridgehead atoms. The Morgan fingerprint density at radius 3 is 2.68 bits per heavy atom. The standard InChI is InChI=1S/C12H8ClN5O4/c13-10-4-3-9(17(19)20)6-8(10)7-15-16-12-11(18(21)22)2-1-5-14-12/h1-7H,(H,14,16)/b15-7-. The number of hydrogen-bond acceptors (Lipinski definition) is 7. The van der Waals surface area contributed by atoms with E-state index in [0.29, 0.717) is 5.56 Å². The van der Waals surface area contributed by atoms with Crippen LogP contribution in [0.3, 0.4) is 0 Å². The molecule has 1 aromatic carbocycles. The molecule has 0 amide bonds. The van der Waals surface area contributed by atoms with Crippen molar-refractivity contribution in [2.75, 3.05) is 5.43 Å². The van der Waals surface area contributed by atoms with Crippen LogP contribution in [0.1, 0.15) is 5.56 Å². The van der Waals surface area contributed by atoms with Crippen LogP contribution in [0.4, 0.5) is 17.2 Å². The van der Waals surface area contributed by atoms with Gasteiger partial charge in [0.1, 0.15) is 0 Å². The van der Waals surface area contributed by atoms with Gasteiger partial charge in [0.25, 0.3) is 5.69 Å². The minimum Gasteiger partial charge on any atom is -0.258 e. The van der Waals surface area contributed by atoms with Crippen molar-refractivity contribution in [1.82, 2.24) is 4.98 Å². The topological polar surface area (TPSA) is 124 Å². The molecule has 1 aromatic heterocycles. The van der Waals surface area contributed by atoms with E-state index in [4.69, 9.17) is 11.6 Å². The fourth-order valence-electron chi connectivity index (χ4n) is 1.54. The van der Waals surface area contributed by atoms with Crippen molar-refractivity contribution < 1.29 is 9.85 Å². The maximum atomic E-state index is 10.8. The van der Waals surface area contributed by atoms with Gasteiger partial charge in [-0.25, -0.2) is 4.98 Å². The summed E-state index contributed by atoms with van der Waals surface area (Å²) in [7, 11) is 0. The lowest BCUT2D eigenvalue weighted by molar-refractivity contribution is -0.384. The van der Waals surface area contributed by atoms with Crippen molar-refractivity contribution in [3.05, 3.63) is 67.3 Å². The molecule has 0 fully saturated rings. The zero-order valence-corrected chi connectivity index (χ0v) is 11.6. The fourth-order valence-corrected chi connectivity index (χ4v) is 1.70. The lowest BCUT2D eigenvalue weighted by Gasteiger charge is -2.01. The highest BCUT2D eigenvalue weighted by atomic mass is 35.5. The van der Waals surface area contributed by atoms with Gasteiger partial charge in [-0.05, 0) is 12.1 Å². The van der Waals surface area contributed by atoms with Crippen LogP contribution in [-0.4, -0.2) is 21.0 Å². The molecule has 0 saturated carbocycles. The maximum Gasteiger partial charge on any atom is 0.313 e. The number of nitro groups is 2. The minimum atomic E-state index is -0.606. The van der Waals surface area contributed by atoms with Gasteiger partial charge in [0.15, 0.2) is 0 Å². The fraction of sp³-hybridized carbons (Fsp3) is 0. The number of nitrogens with one attached hydrogen (secondary N) is 1. The number of rotatable bonds is 5. The van der Waals surface area contributed by atoms with Crippen LogP contribution in [0.25, 0.3) is 0 Å². The third-order valence-electron chi connectivity index (χ3n) is 2.55. The third-order valence-corrected chi connectivity index (χ3v) is 2.89. The molecule has 9 nitrogen and oxygen atoms in total. The lowest BCUT2D eigenvalue weighted by Crippen LogP contribution is -1.99. The monoisotopic (exact) mass is 321 g/mol. The number of non-ortho nitro benzene ring substituents is 1. The van der Waals surface area contributed by atoms with Gasteiger partial charge in [-0.3, -0.25) is 25.7 Å². The molecular formula is C12H8ClN5O4. The summed E-state index contributed by atoms with van der Waals surface area (Å²) in [6.45, 7) is 0. The first-order chi connectivity index (χ1) is 10.5. The average molecular weight is 322 g/mol. The Hall–Kier alpha value is -3.07. The number of hydrazone groups is 1. The number of pyridine rings is 1. The summed E-state index contributed by atoms with van der Waals surface area (Å²) in [6.07, 6.45) is 2.58. The van der Waals surface area contributed by atoms with E-state index in [9.17, 15) is 20.2 Å². The number of nitrogens with zero attached hydrogens (tertiary/aromatic N) is 4. The van der Waals surface area contributed by atoms with E-state index in [1.165, 1.54) is 42.7 Å². The number of benzene rings is 1. The smallest absolute Gasteiger partial charge is 0.258 e. The Bertz CT molecular complexity index is 765. The van der Waals surface area contributed by atoms with Crippen molar-refractivity contribution in [3.63, 3.8) is 0 Å². The summed E-state index contributed by atoms with van der Waals surface area (Å²) in [5, 5.41) is 25.5. The highest BCUT2D eigenvalue weighted by Gasteiger charge is 2.13. The Balaban J connectivity index is 2.22. The van der Waals surface area contributed by atoms with Gasteiger partial charge < -0.3 is 0 Å². The first-order valence-corrected chi connectivity index (χ1v) is 6.19. The van der Waals surface area contributed by atoms with Crippen LogP contribution in [0, 0.1) is 20.2 Å². The molecule has 22 heavy (non-hydrogen) atoms. The minimum absolute atomic E-state index is 0.0506. The van der Waals surface area contributed by atoms with Gasteiger partial charge >= 0.3 is 5.69 Å². The van der Waals surface area contributed by atoms with Gasteiger partial charge in [0.2, 0.25) is 5.82 Å². The number of aromatic nitrogens is 1. The molecule has 2 aromatic rings. The van der Waals surface area contributed by atoms with Crippen molar-refractivity contribution in [1.29, 1.82) is 0 Å². The summed E-state index contributed by atoms with van der Waals surface area (Å²) in [4.78, 5) is 24.1. The van der Waals surface area contributed by atoms with E-state index in [2.05, 4.69) is 15.5 Å². The molecule has 0 aliphatic carbocycles. The number of hydrogen-bond donors (Lipinski definition) is 1. The molecule has 0 radical (unpaired) electrons. The normalized spacial score (nSPS) is 10.6. The van der Waals surface area contributed by atoms with E-state index in [1.54, 1.807) is 0 Å². The largest absolute Gasteiger partial charge is 0.313 e. The Morgan fingerprint density at radius 1 is 1.23 bits per heavy atom. The van der Waals surface area contributed by atoms with Crippen molar-refractivity contribution >= 4 is 35.0 Å². The predicted molar refractivity (Wildman–Crippen MR) is 80.2 cm³/mol. The summed E-state index contributed by atoms with van der Waals surface area (Å²) < 4.78 is 0. The molecule has 0 saturated heterocycles. The third kappa shape index (κ3) is 3.52. The second-order valence-corrected chi connectivity index (χ2v) is 4.37. The molecule has 0 spiro atoms. The molecule has 10 heteroatoms. The highest BCUT2D eigenvalue weighted by Crippen LogP contribution is 2.22. The number of anilines is 1. The van der Waals surface area contributed by atoms with Gasteiger partial charge in [-0.15, -0.1) is 0 Å². The van der Waals surface area contributed by atoms with Crippen molar-refractivity contribution in [2.24, 2.45) is 5.10 Å². The van der Waals surface area contributed by atoms with Crippen LogP contribution < -0.4 is 5.43 Å². The first kappa shape index (κ1) is 15.3. The zero-order valence-electron chi connectivity index (χ0n) is 10.8. The predicted octanol–water partition coefficient (Wildman–Crippen LogP) is 3.00. The van der Waals surface area contributed by atoms with Gasteiger partial charge in [0, 0.05) is 35.0 Å². The molecule has 1 N–H and O–H groups in total. The molecule has 112 valence electrons.